The number of hydrogen-bond acceptors (Lipinski definition) is 4. The molecule has 0 radical (unpaired) electrons. The number of thiophene rings is 1. The summed E-state index contributed by atoms with van der Waals surface area (Å²) in [5.74, 6) is -0.711. The van der Waals surface area contributed by atoms with Crippen molar-refractivity contribution < 1.29 is 14.3 Å². The van der Waals surface area contributed by atoms with Crippen LogP contribution in [0.5, 0.6) is 0 Å². The van der Waals surface area contributed by atoms with Crippen LogP contribution in [0.4, 0.5) is 10.1 Å². The molecule has 0 bridgehead atoms. The molecule has 1 aromatic heterocycles. The van der Waals surface area contributed by atoms with Gasteiger partial charge in [0.05, 0.1) is 11.1 Å². The molecule has 4 N–H and O–H groups in total. The summed E-state index contributed by atoms with van der Waals surface area (Å²) in [5, 5.41) is 11.9. The summed E-state index contributed by atoms with van der Waals surface area (Å²) in [5.41, 5.74) is 6.08. The van der Waals surface area contributed by atoms with Crippen LogP contribution in [0.15, 0.2) is 18.2 Å². The lowest BCUT2D eigenvalue weighted by molar-refractivity contribution is 0.0941. The largest absolute Gasteiger partial charge is 0.397 e. The fourth-order valence-corrected chi connectivity index (χ4v) is 3.10. The lowest BCUT2D eigenvalue weighted by Crippen LogP contribution is -2.32. The minimum atomic E-state index is -0.413. The number of aliphatic hydroxyl groups excluding tert-OH is 1. The SMILES string of the molecule is CC(CCCO)NC(=O)c1sc2cccc(F)c2c1N. The van der Waals surface area contributed by atoms with Gasteiger partial charge in [0, 0.05) is 17.3 Å². The smallest absolute Gasteiger partial charge is 0.263 e. The fourth-order valence-electron chi connectivity index (χ4n) is 2.06. The van der Waals surface area contributed by atoms with Gasteiger partial charge in [-0.3, -0.25) is 4.79 Å². The van der Waals surface area contributed by atoms with Crippen molar-refractivity contribution in [3.8, 4) is 0 Å². The van der Waals surface area contributed by atoms with Gasteiger partial charge in [-0.1, -0.05) is 6.07 Å². The highest BCUT2D eigenvalue weighted by atomic mass is 32.1. The Hall–Kier alpha value is -1.66. The van der Waals surface area contributed by atoms with Gasteiger partial charge in [-0.2, -0.15) is 0 Å². The molecule has 0 fully saturated rings. The van der Waals surface area contributed by atoms with E-state index in [4.69, 9.17) is 10.8 Å². The van der Waals surface area contributed by atoms with Crippen molar-refractivity contribution in [1.29, 1.82) is 0 Å². The topological polar surface area (TPSA) is 75.3 Å². The van der Waals surface area contributed by atoms with E-state index < -0.39 is 5.82 Å². The molecule has 2 aromatic rings. The van der Waals surface area contributed by atoms with Crippen molar-refractivity contribution in [2.24, 2.45) is 0 Å². The highest BCUT2D eigenvalue weighted by Crippen LogP contribution is 2.35. The molecule has 1 atom stereocenters. The van der Waals surface area contributed by atoms with Crippen LogP contribution in [0.3, 0.4) is 0 Å². The summed E-state index contributed by atoms with van der Waals surface area (Å²) in [4.78, 5) is 12.5. The van der Waals surface area contributed by atoms with Crippen LogP contribution in [-0.4, -0.2) is 23.7 Å². The molecule has 0 spiro atoms. The minimum absolute atomic E-state index is 0.0656. The lowest BCUT2D eigenvalue weighted by Gasteiger charge is -2.12. The number of nitrogens with two attached hydrogens (primary N) is 1. The Bertz CT molecular complexity index is 627. The van der Waals surface area contributed by atoms with Crippen molar-refractivity contribution in [3.63, 3.8) is 0 Å². The monoisotopic (exact) mass is 296 g/mol. The Morgan fingerprint density at radius 2 is 2.30 bits per heavy atom. The Balaban J connectivity index is 2.22. The Morgan fingerprint density at radius 3 is 2.95 bits per heavy atom. The van der Waals surface area contributed by atoms with Crippen molar-refractivity contribution in [3.05, 3.63) is 28.9 Å². The molecule has 1 aromatic carbocycles. The number of fused-ring (bicyclic) bond motifs is 1. The van der Waals surface area contributed by atoms with E-state index >= 15 is 0 Å². The van der Waals surface area contributed by atoms with E-state index in [0.717, 1.165) is 0 Å². The summed E-state index contributed by atoms with van der Waals surface area (Å²) < 4.78 is 14.4. The number of carbonyl (C=O) groups is 1. The lowest BCUT2D eigenvalue weighted by atomic mass is 10.1. The summed E-state index contributed by atoms with van der Waals surface area (Å²) in [6, 6.07) is 4.60. The van der Waals surface area contributed by atoms with Crippen molar-refractivity contribution >= 4 is 33.0 Å². The number of amides is 1. The number of carbonyl (C=O) groups excluding carboxylic acids is 1. The second-order valence-corrected chi connectivity index (χ2v) is 5.75. The van der Waals surface area contributed by atoms with Crippen LogP contribution in [0.1, 0.15) is 29.4 Å². The van der Waals surface area contributed by atoms with Crippen LogP contribution in [0.25, 0.3) is 10.1 Å². The van der Waals surface area contributed by atoms with Gasteiger partial charge >= 0.3 is 0 Å². The number of benzene rings is 1. The molecule has 4 nitrogen and oxygen atoms in total. The van der Waals surface area contributed by atoms with E-state index in [9.17, 15) is 9.18 Å². The Labute approximate surface area is 120 Å². The minimum Gasteiger partial charge on any atom is -0.397 e. The molecule has 20 heavy (non-hydrogen) atoms. The second-order valence-electron chi connectivity index (χ2n) is 4.70. The van der Waals surface area contributed by atoms with Crippen LogP contribution in [0, 0.1) is 5.82 Å². The Kier molecular flexibility index (Phi) is 4.57. The first-order valence-electron chi connectivity index (χ1n) is 6.42. The van der Waals surface area contributed by atoms with E-state index in [1.807, 2.05) is 6.92 Å². The summed E-state index contributed by atoms with van der Waals surface area (Å²) in [7, 11) is 0. The Morgan fingerprint density at radius 1 is 1.55 bits per heavy atom. The van der Waals surface area contributed by atoms with Gasteiger partial charge in [0.25, 0.3) is 5.91 Å². The molecule has 0 aliphatic carbocycles. The predicted octanol–water partition coefficient (Wildman–Crippen LogP) is 2.51. The summed E-state index contributed by atoms with van der Waals surface area (Å²) in [6.45, 7) is 1.95. The number of anilines is 1. The highest BCUT2D eigenvalue weighted by Gasteiger charge is 2.19. The first kappa shape index (κ1) is 14.7. The van der Waals surface area contributed by atoms with Crippen molar-refractivity contribution in [2.75, 3.05) is 12.3 Å². The van der Waals surface area contributed by atoms with Gasteiger partial charge in [-0.15, -0.1) is 11.3 Å². The van der Waals surface area contributed by atoms with E-state index in [0.29, 0.717) is 27.8 Å². The van der Waals surface area contributed by atoms with Gasteiger partial charge in [0.15, 0.2) is 0 Å². The zero-order valence-electron chi connectivity index (χ0n) is 11.1. The molecule has 6 heteroatoms. The molecule has 0 saturated heterocycles. The molecular weight excluding hydrogens is 279 g/mol. The molecule has 0 aliphatic rings. The second kappa shape index (κ2) is 6.19. The average molecular weight is 296 g/mol. The third-order valence-electron chi connectivity index (χ3n) is 3.08. The summed E-state index contributed by atoms with van der Waals surface area (Å²) in [6.07, 6.45) is 1.30. The average Bonchev–Trinajstić information content (AvgIpc) is 2.75. The number of hydrogen-bond donors (Lipinski definition) is 3. The first-order chi connectivity index (χ1) is 9.54. The molecule has 108 valence electrons. The number of nitrogens with one attached hydrogen (secondary N) is 1. The number of nitrogen functional groups attached to an aromatic ring is 1. The number of rotatable bonds is 5. The molecule has 1 heterocycles. The van der Waals surface area contributed by atoms with Gasteiger partial charge < -0.3 is 16.2 Å². The fraction of sp³-hybridized carbons (Fsp3) is 0.357. The van der Waals surface area contributed by atoms with E-state index in [2.05, 4.69) is 5.32 Å². The van der Waals surface area contributed by atoms with Gasteiger partial charge in [-0.25, -0.2) is 4.39 Å². The molecular formula is C14H17FN2O2S. The third kappa shape index (κ3) is 2.91. The van der Waals surface area contributed by atoms with Gasteiger partial charge in [-0.05, 0) is 31.9 Å². The van der Waals surface area contributed by atoms with Crippen LogP contribution in [0.2, 0.25) is 0 Å². The maximum atomic E-state index is 13.7. The molecule has 0 aliphatic heterocycles. The molecule has 1 amide bonds. The van der Waals surface area contributed by atoms with E-state index in [-0.39, 0.29) is 24.2 Å². The van der Waals surface area contributed by atoms with Crippen LogP contribution >= 0.6 is 11.3 Å². The molecule has 2 rings (SSSR count). The molecule has 1 unspecified atom stereocenters. The van der Waals surface area contributed by atoms with Gasteiger partial charge in [0.1, 0.15) is 10.7 Å². The van der Waals surface area contributed by atoms with Gasteiger partial charge in [0.2, 0.25) is 0 Å². The summed E-state index contributed by atoms with van der Waals surface area (Å²) >= 11 is 1.19. The maximum absolute atomic E-state index is 13.7. The zero-order chi connectivity index (χ0) is 14.7. The maximum Gasteiger partial charge on any atom is 0.263 e. The van der Waals surface area contributed by atoms with Crippen LogP contribution < -0.4 is 11.1 Å². The van der Waals surface area contributed by atoms with E-state index in [1.54, 1.807) is 12.1 Å². The normalized spacial score (nSPS) is 12.6. The van der Waals surface area contributed by atoms with Crippen molar-refractivity contribution in [1.82, 2.24) is 5.32 Å². The first-order valence-corrected chi connectivity index (χ1v) is 7.24. The van der Waals surface area contributed by atoms with Crippen LogP contribution in [-0.2, 0) is 0 Å². The quantitative estimate of drug-likeness (QED) is 0.793. The highest BCUT2D eigenvalue weighted by molar-refractivity contribution is 7.21. The zero-order valence-corrected chi connectivity index (χ0v) is 12.0. The van der Waals surface area contributed by atoms with Crippen molar-refractivity contribution in [2.45, 2.75) is 25.8 Å². The number of aliphatic hydroxyl groups is 1. The van der Waals surface area contributed by atoms with E-state index in [1.165, 1.54) is 17.4 Å². The molecule has 0 saturated carbocycles. The standard InChI is InChI=1S/C14H17FN2O2S/c1-8(4-3-7-18)17-14(19)13-12(16)11-9(15)5-2-6-10(11)20-13/h2,5-6,8,18H,3-4,7,16H2,1H3,(H,17,19). The predicted molar refractivity (Wildman–Crippen MR) is 79.4 cm³/mol. The number of halogens is 1. The third-order valence-corrected chi connectivity index (χ3v) is 4.25.